The molecule has 0 aliphatic heterocycles. The van der Waals surface area contributed by atoms with Crippen molar-refractivity contribution >= 4 is 20.8 Å². The van der Waals surface area contributed by atoms with Crippen LogP contribution in [0.25, 0.3) is 10.8 Å². The van der Waals surface area contributed by atoms with E-state index in [1.807, 2.05) is 30.3 Å². The van der Waals surface area contributed by atoms with Gasteiger partial charge in [-0.3, -0.25) is 0 Å². The topological polar surface area (TPSA) is 46.2 Å². The Bertz CT molecular complexity index is 687. The zero-order valence-corrected chi connectivity index (χ0v) is 12.9. The maximum absolute atomic E-state index is 12.5. The average molecular weight is 291 g/mol. The van der Waals surface area contributed by atoms with Crippen molar-refractivity contribution in [2.75, 3.05) is 6.54 Å². The molecule has 0 fully saturated rings. The molecule has 0 saturated heterocycles. The maximum atomic E-state index is 12.5. The van der Waals surface area contributed by atoms with Crippen molar-refractivity contribution in [1.82, 2.24) is 4.72 Å². The van der Waals surface area contributed by atoms with Crippen LogP contribution >= 0.6 is 0 Å². The van der Waals surface area contributed by atoms with E-state index in [0.29, 0.717) is 23.3 Å². The highest BCUT2D eigenvalue weighted by Gasteiger charge is 2.18. The smallest absolute Gasteiger partial charge is 0.211 e. The fourth-order valence-electron chi connectivity index (χ4n) is 1.98. The molecule has 1 N–H and O–H groups in total. The van der Waals surface area contributed by atoms with Gasteiger partial charge in [-0.25, -0.2) is 13.1 Å². The molecule has 0 aliphatic carbocycles. The van der Waals surface area contributed by atoms with Crippen LogP contribution in [0.3, 0.4) is 0 Å². The number of hydrogen-bond acceptors (Lipinski definition) is 2. The summed E-state index contributed by atoms with van der Waals surface area (Å²) in [5.74, 6) is 0.755. The Hall–Kier alpha value is -1.39. The van der Waals surface area contributed by atoms with Crippen LogP contribution in [-0.4, -0.2) is 15.0 Å². The summed E-state index contributed by atoms with van der Waals surface area (Å²) >= 11 is 0. The first-order chi connectivity index (χ1) is 9.42. The third-order valence-corrected chi connectivity index (χ3v) is 5.25. The molecule has 0 aliphatic rings. The van der Waals surface area contributed by atoms with Crippen molar-refractivity contribution in [3.8, 4) is 0 Å². The summed E-state index contributed by atoms with van der Waals surface area (Å²) in [5, 5.41) is 1.70. The van der Waals surface area contributed by atoms with Crippen molar-refractivity contribution in [3.05, 3.63) is 42.5 Å². The van der Waals surface area contributed by atoms with Crippen molar-refractivity contribution < 1.29 is 8.42 Å². The van der Waals surface area contributed by atoms with Gasteiger partial charge in [0.15, 0.2) is 0 Å². The number of hydrogen-bond donors (Lipinski definition) is 1. The monoisotopic (exact) mass is 291 g/mol. The quantitative estimate of drug-likeness (QED) is 0.917. The van der Waals surface area contributed by atoms with Gasteiger partial charge in [-0.2, -0.15) is 0 Å². The molecule has 0 heterocycles. The van der Waals surface area contributed by atoms with Gasteiger partial charge in [0.2, 0.25) is 10.0 Å². The second-order valence-corrected chi connectivity index (χ2v) is 7.29. The van der Waals surface area contributed by atoms with E-state index in [9.17, 15) is 8.42 Å². The molecule has 2 aromatic rings. The Labute approximate surface area is 121 Å². The lowest BCUT2D eigenvalue weighted by atomic mass is 9.99. The fourth-order valence-corrected chi connectivity index (χ4v) is 3.36. The molecule has 0 bridgehead atoms. The van der Waals surface area contributed by atoms with Gasteiger partial charge in [-0.15, -0.1) is 0 Å². The van der Waals surface area contributed by atoms with Crippen LogP contribution in [0.4, 0.5) is 0 Å². The Morgan fingerprint density at radius 2 is 1.65 bits per heavy atom. The van der Waals surface area contributed by atoms with E-state index >= 15 is 0 Å². The van der Waals surface area contributed by atoms with E-state index in [-0.39, 0.29) is 0 Å². The summed E-state index contributed by atoms with van der Waals surface area (Å²) in [7, 11) is -3.47. The molecule has 1 atom stereocenters. The Morgan fingerprint density at radius 3 is 2.35 bits per heavy atom. The van der Waals surface area contributed by atoms with Crippen LogP contribution in [0.2, 0.25) is 0 Å². The molecule has 3 nitrogen and oxygen atoms in total. The summed E-state index contributed by atoms with van der Waals surface area (Å²) in [6.07, 6.45) is 0. The number of benzene rings is 2. The largest absolute Gasteiger partial charge is 0.241 e. The van der Waals surface area contributed by atoms with Gasteiger partial charge in [0.25, 0.3) is 0 Å². The van der Waals surface area contributed by atoms with Gasteiger partial charge in [0.05, 0.1) is 4.90 Å². The Morgan fingerprint density at radius 1 is 1.00 bits per heavy atom. The minimum atomic E-state index is -3.47. The summed E-state index contributed by atoms with van der Waals surface area (Å²) in [5.41, 5.74) is 0. The van der Waals surface area contributed by atoms with Crippen LogP contribution in [0, 0.1) is 11.8 Å². The zero-order valence-electron chi connectivity index (χ0n) is 12.1. The van der Waals surface area contributed by atoms with Crippen molar-refractivity contribution in [3.63, 3.8) is 0 Å². The lowest BCUT2D eigenvalue weighted by Crippen LogP contribution is -2.30. The van der Waals surface area contributed by atoms with E-state index < -0.39 is 10.0 Å². The van der Waals surface area contributed by atoms with E-state index in [1.54, 1.807) is 12.1 Å². The van der Waals surface area contributed by atoms with Crippen LogP contribution in [0.15, 0.2) is 47.4 Å². The first-order valence-electron chi connectivity index (χ1n) is 6.89. The van der Waals surface area contributed by atoms with Gasteiger partial charge < -0.3 is 0 Å². The van der Waals surface area contributed by atoms with Crippen molar-refractivity contribution in [2.24, 2.45) is 11.8 Å². The predicted octanol–water partition coefficient (Wildman–Crippen LogP) is 3.41. The zero-order chi connectivity index (χ0) is 14.8. The SMILES string of the molecule is CC(C)C(C)CNS(=O)(=O)c1cccc2ccccc12. The summed E-state index contributed by atoms with van der Waals surface area (Å²) in [6, 6.07) is 12.9. The van der Waals surface area contributed by atoms with E-state index in [0.717, 1.165) is 10.8 Å². The summed E-state index contributed by atoms with van der Waals surface area (Å²) in [6.45, 7) is 6.70. The molecule has 0 saturated carbocycles. The number of rotatable bonds is 5. The predicted molar refractivity (Wildman–Crippen MR) is 83.1 cm³/mol. The van der Waals surface area contributed by atoms with Crippen LogP contribution < -0.4 is 4.72 Å². The molecule has 2 rings (SSSR count). The number of sulfonamides is 1. The fraction of sp³-hybridized carbons (Fsp3) is 0.375. The lowest BCUT2D eigenvalue weighted by Gasteiger charge is -2.16. The normalized spacial score (nSPS) is 13.8. The van der Waals surface area contributed by atoms with E-state index in [4.69, 9.17) is 0 Å². The molecular formula is C16H21NO2S. The summed E-state index contributed by atoms with van der Waals surface area (Å²) < 4.78 is 27.6. The molecule has 1 unspecified atom stereocenters. The Balaban J connectivity index is 2.33. The molecular weight excluding hydrogens is 270 g/mol. The molecule has 0 radical (unpaired) electrons. The first-order valence-corrected chi connectivity index (χ1v) is 8.37. The molecule has 0 amide bonds. The van der Waals surface area contributed by atoms with Gasteiger partial charge in [-0.05, 0) is 23.3 Å². The maximum Gasteiger partial charge on any atom is 0.241 e. The van der Waals surface area contributed by atoms with Gasteiger partial charge in [0, 0.05) is 11.9 Å². The molecule has 0 spiro atoms. The standard InChI is InChI=1S/C16H21NO2S/c1-12(2)13(3)11-17-20(18,19)16-10-6-8-14-7-4-5-9-15(14)16/h4-10,12-13,17H,11H2,1-3H3. The van der Waals surface area contributed by atoms with Crippen LogP contribution in [0.1, 0.15) is 20.8 Å². The van der Waals surface area contributed by atoms with Crippen LogP contribution in [-0.2, 0) is 10.0 Å². The average Bonchev–Trinajstić information content (AvgIpc) is 2.44. The highest BCUT2D eigenvalue weighted by molar-refractivity contribution is 7.89. The minimum Gasteiger partial charge on any atom is -0.211 e. The van der Waals surface area contributed by atoms with Crippen molar-refractivity contribution in [2.45, 2.75) is 25.7 Å². The number of fused-ring (bicyclic) bond motifs is 1. The third-order valence-electron chi connectivity index (χ3n) is 3.77. The second kappa shape index (κ2) is 5.94. The Kier molecular flexibility index (Phi) is 4.45. The highest BCUT2D eigenvalue weighted by Crippen LogP contribution is 2.22. The van der Waals surface area contributed by atoms with E-state index in [2.05, 4.69) is 25.5 Å². The lowest BCUT2D eigenvalue weighted by molar-refractivity contribution is 0.415. The van der Waals surface area contributed by atoms with Gasteiger partial charge >= 0.3 is 0 Å². The molecule has 2 aromatic carbocycles. The molecule has 108 valence electrons. The van der Waals surface area contributed by atoms with E-state index in [1.165, 1.54) is 0 Å². The number of nitrogens with one attached hydrogen (secondary N) is 1. The molecule has 20 heavy (non-hydrogen) atoms. The summed E-state index contributed by atoms with van der Waals surface area (Å²) in [4.78, 5) is 0.353. The van der Waals surface area contributed by atoms with Crippen LogP contribution in [0.5, 0.6) is 0 Å². The third kappa shape index (κ3) is 3.19. The minimum absolute atomic E-state index is 0.305. The molecule has 0 aromatic heterocycles. The second-order valence-electron chi connectivity index (χ2n) is 5.55. The highest BCUT2D eigenvalue weighted by atomic mass is 32.2. The van der Waals surface area contributed by atoms with Gasteiger partial charge in [-0.1, -0.05) is 57.2 Å². The first kappa shape index (κ1) is 15.0. The van der Waals surface area contributed by atoms with Crippen molar-refractivity contribution in [1.29, 1.82) is 0 Å². The molecule has 4 heteroatoms. The van der Waals surface area contributed by atoms with Gasteiger partial charge in [0.1, 0.15) is 0 Å².